The highest BCUT2D eigenvalue weighted by atomic mass is 16.6. The molecule has 0 aliphatic carbocycles. The standard InChI is InChI=1S/C20H20N4O4/c1-14-19(15(2)23(22-14)16-6-4-3-5-7-16)12-21-20(25)13-28-18-10-8-17(9-11-18)24(26)27/h3-11H,12-13H2,1-2H3,(H,21,25). The maximum Gasteiger partial charge on any atom is 0.269 e. The number of hydrogen-bond acceptors (Lipinski definition) is 5. The first-order valence-corrected chi connectivity index (χ1v) is 8.70. The van der Waals surface area contributed by atoms with Gasteiger partial charge in [0.05, 0.1) is 16.3 Å². The van der Waals surface area contributed by atoms with Crippen molar-refractivity contribution in [2.24, 2.45) is 0 Å². The zero-order valence-corrected chi connectivity index (χ0v) is 15.6. The van der Waals surface area contributed by atoms with E-state index in [1.807, 2.05) is 48.9 Å². The van der Waals surface area contributed by atoms with Crippen LogP contribution in [0.15, 0.2) is 54.6 Å². The van der Waals surface area contributed by atoms with E-state index in [0.717, 1.165) is 22.6 Å². The van der Waals surface area contributed by atoms with Crippen LogP contribution in [0.1, 0.15) is 17.0 Å². The van der Waals surface area contributed by atoms with E-state index in [0.29, 0.717) is 12.3 Å². The number of carbonyl (C=O) groups is 1. The third-order valence-electron chi connectivity index (χ3n) is 4.32. The molecule has 0 saturated heterocycles. The Kier molecular flexibility index (Phi) is 5.69. The number of aryl methyl sites for hydroxylation is 1. The summed E-state index contributed by atoms with van der Waals surface area (Å²) in [5.74, 6) is 0.106. The molecule has 144 valence electrons. The van der Waals surface area contributed by atoms with Crippen LogP contribution in [0.5, 0.6) is 5.75 Å². The zero-order valence-electron chi connectivity index (χ0n) is 15.6. The number of para-hydroxylation sites is 1. The van der Waals surface area contributed by atoms with Crippen molar-refractivity contribution in [1.82, 2.24) is 15.1 Å². The zero-order chi connectivity index (χ0) is 20.1. The predicted octanol–water partition coefficient (Wildman–Crippen LogP) is 3.09. The molecule has 0 fully saturated rings. The molecule has 3 rings (SSSR count). The average Bonchev–Trinajstić information content (AvgIpc) is 2.99. The summed E-state index contributed by atoms with van der Waals surface area (Å²) in [4.78, 5) is 22.2. The molecule has 0 saturated carbocycles. The van der Waals surface area contributed by atoms with Gasteiger partial charge >= 0.3 is 0 Å². The molecule has 1 amide bonds. The first kappa shape index (κ1) is 19.1. The van der Waals surface area contributed by atoms with Crippen LogP contribution in [0.2, 0.25) is 0 Å². The average molecular weight is 380 g/mol. The second kappa shape index (κ2) is 8.34. The summed E-state index contributed by atoms with van der Waals surface area (Å²) < 4.78 is 7.22. The molecular weight excluding hydrogens is 360 g/mol. The molecule has 1 aromatic heterocycles. The number of benzene rings is 2. The molecule has 0 unspecified atom stereocenters. The number of nitrogens with zero attached hydrogens (tertiary/aromatic N) is 3. The minimum atomic E-state index is -0.489. The van der Waals surface area contributed by atoms with Crippen molar-refractivity contribution in [3.8, 4) is 11.4 Å². The fourth-order valence-corrected chi connectivity index (χ4v) is 2.80. The lowest BCUT2D eigenvalue weighted by Gasteiger charge is -2.08. The molecule has 1 heterocycles. The molecule has 0 radical (unpaired) electrons. The third kappa shape index (κ3) is 4.35. The molecule has 3 aromatic rings. The van der Waals surface area contributed by atoms with Gasteiger partial charge in [0.15, 0.2) is 6.61 Å². The van der Waals surface area contributed by atoms with Crippen LogP contribution in [-0.2, 0) is 11.3 Å². The van der Waals surface area contributed by atoms with E-state index in [1.54, 1.807) is 0 Å². The second-order valence-electron chi connectivity index (χ2n) is 6.21. The molecule has 0 aliphatic heterocycles. The van der Waals surface area contributed by atoms with E-state index >= 15 is 0 Å². The largest absolute Gasteiger partial charge is 0.484 e. The molecule has 1 N–H and O–H groups in total. The normalized spacial score (nSPS) is 10.5. The Labute approximate surface area is 161 Å². The van der Waals surface area contributed by atoms with Gasteiger partial charge in [-0.1, -0.05) is 18.2 Å². The summed E-state index contributed by atoms with van der Waals surface area (Å²) in [6.07, 6.45) is 0. The van der Waals surface area contributed by atoms with Gasteiger partial charge in [-0.2, -0.15) is 5.10 Å². The number of ether oxygens (including phenoxy) is 1. The van der Waals surface area contributed by atoms with Crippen LogP contribution in [0.25, 0.3) is 5.69 Å². The second-order valence-corrected chi connectivity index (χ2v) is 6.21. The van der Waals surface area contributed by atoms with Crippen LogP contribution < -0.4 is 10.1 Å². The van der Waals surface area contributed by atoms with Gasteiger partial charge in [0.25, 0.3) is 11.6 Å². The number of carbonyl (C=O) groups excluding carboxylic acids is 1. The Bertz CT molecular complexity index is 981. The van der Waals surface area contributed by atoms with Crippen molar-refractivity contribution in [2.45, 2.75) is 20.4 Å². The number of nitrogens with one attached hydrogen (secondary N) is 1. The van der Waals surface area contributed by atoms with Crippen molar-refractivity contribution in [3.63, 3.8) is 0 Å². The van der Waals surface area contributed by atoms with Gasteiger partial charge in [-0.05, 0) is 38.1 Å². The van der Waals surface area contributed by atoms with Gasteiger partial charge < -0.3 is 10.1 Å². The number of hydrogen-bond donors (Lipinski definition) is 1. The number of rotatable bonds is 7. The Hall–Kier alpha value is -3.68. The van der Waals surface area contributed by atoms with E-state index in [-0.39, 0.29) is 18.2 Å². The summed E-state index contributed by atoms with van der Waals surface area (Å²) in [7, 11) is 0. The highest BCUT2D eigenvalue weighted by Crippen LogP contribution is 2.18. The highest BCUT2D eigenvalue weighted by molar-refractivity contribution is 5.77. The lowest BCUT2D eigenvalue weighted by molar-refractivity contribution is -0.384. The Balaban J connectivity index is 1.57. The van der Waals surface area contributed by atoms with Gasteiger partial charge in [-0.3, -0.25) is 14.9 Å². The fraction of sp³-hybridized carbons (Fsp3) is 0.200. The van der Waals surface area contributed by atoms with Gasteiger partial charge in [0.2, 0.25) is 0 Å². The van der Waals surface area contributed by atoms with Crippen molar-refractivity contribution in [2.75, 3.05) is 6.61 Å². The predicted molar refractivity (Wildman–Crippen MR) is 103 cm³/mol. The summed E-state index contributed by atoms with van der Waals surface area (Å²) in [5, 5.41) is 18.0. The van der Waals surface area contributed by atoms with Crippen molar-refractivity contribution < 1.29 is 14.5 Å². The molecule has 28 heavy (non-hydrogen) atoms. The molecule has 8 heteroatoms. The first-order valence-electron chi connectivity index (χ1n) is 8.70. The number of non-ortho nitro benzene ring substituents is 1. The Morgan fingerprint density at radius 1 is 1.14 bits per heavy atom. The summed E-state index contributed by atoms with van der Waals surface area (Å²) in [5.41, 5.74) is 3.69. The lowest BCUT2D eigenvalue weighted by atomic mass is 10.2. The van der Waals surface area contributed by atoms with Crippen LogP contribution in [-0.4, -0.2) is 27.2 Å². The highest BCUT2D eigenvalue weighted by Gasteiger charge is 2.14. The molecule has 0 bridgehead atoms. The molecule has 2 aromatic carbocycles. The van der Waals surface area contributed by atoms with E-state index in [1.165, 1.54) is 24.3 Å². The number of amides is 1. The number of nitro benzene ring substituents is 1. The van der Waals surface area contributed by atoms with Gasteiger partial charge in [-0.25, -0.2) is 4.68 Å². The van der Waals surface area contributed by atoms with Crippen molar-refractivity contribution >= 4 is 11.6 Å². The monoisotopic (exact) mass is 380 g/mol. The topological polar surface area (TPSA) is 99.3 Å². The molecule has 0 spiro atoms. The third-order valence-corrected chi connectivity index (χ3v) is 4.32. The van der Waals surface area contributed by atoms with Crippen LogP contribution >= 0.6 is 0 Å². The first-order chi connectivity index (χ1) is 13.5. The fourth-order valence-electron chi connectivity index (χ4n) is 2.80. The van der Waals surface area contributed by atoms with E-state index in [2.05, 4.69) is 10.4 Å². The number of aromatic nitrogens is 2. The van der Waals surface area contributed by atoms with Crippen LogP contribution in [0.3, 0.4) is 0 Å². The van der Waals surface area contributed by atoms with E-state index < -0.39 is 4.92 Å². The SMILES string of the molecule is Cc1nn(-c2ccccc2)c(C)c1CNC(=O)COc1ccc([N+](=O)[O-])cc1. The maximum atomic E-state index is 12.1. The summed E-state index contributed by atoms with van der Waals surface area (Å²) >= 11 is 0. The van der Waals surface area contributed by atoms with Gasteiger partial charge in [0, 0.05) is 29.9 Å². The molecule has 0 atom stereocenters. The Morgan fingerprint density at radius 2 is 1.82 bits per heavy atom. The minimum Gasteiger partial charge on any atom is -0.484 e. The number of nitro groups is 1. The molecular formula is C20H20N4O4. The van der Waals surface area contributed by atoms with Crippen LogP contribution in [0.4, 0.5) is 5.69 Å². The maximum absolute atomic E-state index is 12.1. The Morgan fingerprint density at radius 3 is 2.46 bits per heavy atom. The van der Waals surface area contributed by atoms with Crippen molar-refractivity contribution in [1.29, 1.82) is 0 Å². The minimum absolute atomic E-state index is 0.0295. The quantitative estimate of drug-likeness (QED) is 0.502. The summed E-state index contributed by atoms with van der Waals surface area (Å²) in [6.45, 7) is 4.03. The van der Waals surface area contributed by atoms with E-state index in [4.69, 9.17) is 4.74 Å². The van der Waals surface area contributed by atoms with E-state index in [9.17, 15) is 14.9 Å². The molecule has 0 aliphatic rings. The summed E-state index contributed by atoms with van der Waals surface area (Å²) in [6, 6.07) is 15.4. The van der Waals surface area contributed by atoms with Gasteiger partial charge in [-0.15, -0.1) is 0 Å². The lowest BCUT2D eigenvalue weighted by Crippen LogP contribution is -2.28. The van der Waals surface area contributed by atoms with Crippen molar-refractivity contribution in [3.05, 3.63) is 81.7 Å². The van der Waals surface area contributed by atoms with Crippen LogP contribution in [0, 0.1) is 24.0 Å². The smallest absolute Gasteiger partial charge is 0.269 e. The van der Waals surface area contributed by atoms with Gasteiger partial charge in [0.1, 0.15) is 5.75 Å². The molecule has 8 nitrogen and oxygen atoms in total.